The summed E-state index contributed by atoms with van der Waals surface area (Å²) in [4.78, 5) is 23.7. The molecule has 6 heteroatoms. The first-order valence-electron chi connectivity index (χ1n) is 7.13. The Morgan fingerprint density at radius 3 is 2.43 bits per heavy atom. The van der Waals surface area contributed by atoms with Gasteiger partial charge in [-0.15, -0.1) is 0 Å². The monoisotopic (exact) mass is 316 g/mol. The summed E-state index contributed by atoms with van der Waals surface area (Å²) in [6.07, 6.45) is -0.372. The number of hydrogen-bond acceptors (Lipinski definition) is 3. The molecule has 2 rings (SSSR count). The Balaban J connectivity index is 2.11. The molecule has 0 saturated heterocycles. The van der Waals surface area contributed by atoms with Crippen molar-refractivity contribution in [3.63, 3.8) is 0 Å². The van der Waals surface area contributed by atoms with Gasteiger partial charge < -0.3 is 15.8 Å². The average Bonchev–Trinajstić information content (AvgIpc) is 2.54. The molecule has 5 nitrogen and oxygen atoms in total. The minimum atomic E-state index is -0.776. The van der Waals surface area contributed by atoms with Gasteiger partial charge in [-0.1, -0.05) is 19.1 Å². The van der Waals surface area contributed by atoms with Gasteiger partial charge in [0.1, 0.15) is 11.6 Å². The number of carbonyl (C=O) groups excluding carboxylic acids is 2. The molecule has 120 valence electrons. The van der Waals surface area contributed by atoms with E-state index in [1.807, 2.05) is 0 Å². The Labute approximate surface area is 133 Å². The third kappa shape index (κ3) is 4.29. The van der Waals surface area contributed by atoms with Gasteiger partial charge in [-0.2, -0.15) is 0 Å². The molecule has 2 aromatic carbocycles. The van der Waals surface area contributed by atoms with E-state index in [0.29, 0.717) is 17.9 Å². The molecule has 0 heterocycles. The molecule has 0 fully saturated rings. The number of halogens is 1. The van der Waals surface area contributed by atoms with Crippen LogP contribution in [-0.4, -0.2) is 17.9 Å². The lowest BCUT2D eigenvalue weighted by Gasteiger charge is -2.18. The first-order chi connectivity index (χ1) is 11.0. The predicted molar refractivity (Wildman–Crippen MR) is 84.7 cm³/mol. The van der Waals surface area contributed by atoms with E-state index >= 15 is 0 Å². The van der Waals surface area contributed by atoms with Crippen LogP contribution in [0.15, 0.2) is 48.5 Å². The maximum atomic E-state index is 12.9. The van der Waals surface area contributed by atoms with E-state index in [2.05, 4.69) is 5.32 Å². The molecule has 1 atom stereocenters. The number of amides is 2. The highest BCUT2D eigenvalue weighted by molar-refractivity contribution is 6.04. The molecule has 1 unspecified atom stereocenters. The maximum absolute atomic E-state index is 12.9. The van der Waals surface area contributed by atoms with Crippen LogP contribution < -0.4 is 15.8 Å². The molecule has 2 amide bonds. The van der Waals surface area contributed by atoms with Crippen molar-refractivity contribution in [2.75, 3.05) is 5.32 Å². The molecule has 0 aliphatic rings. The van der Waals surface area contributed by atoms with Crippen LogP contribution >= 0.6 is 0 Å². The molecular weight excluding hydrogens is 299 g/mol. The predicted octanol–water partition coefficient (Wildman–Crippen LogP) is 2.72. The third-order valence-electron chi connectivity index (χ3n) is 3.21. The molecule has 0 saturated carbocycles. The summed E-state index contributed by atoms with van der Waals surface area (Å²) < 4.78 is 18.5. The first kappa shape index (κ1) is 16.5. The molecule has 0 aliphatic heterocycles. The number of ether oxygens (including phenoxy) is 1. The van der Waals surface area contributed by atoms with Gasteiger partial charge in [0.05, 0.1) is 11.3 Å². The SMILES string of the molecule is CCC(Oc1ccc(F)cc1)C(=O)Nc1ccccc1C(N)=O. The number of anilines is 1. The Bertz CT molecular complexity index is 701. The largest absolute Gasteiger partial charge is 0.481 e. The average molecular weight is 316 g/mol. The van der Waals surface area contributed by atoms with Gasteiger partial charge in [0.25, 0.3) is 11.8 Å². The van der Waals surface area contributed by atoms with E-state index in [9.17, 15) is 14.0 Å². The fourth-order valence-corrected chi connectivity index (χ4v) is 2.02. The Morgan fingerprint density at radius 2 is 1.83 bits per heavy atom. The molecule has 23 heavy (non-hydrogen) atoms. The second-order valence-corrected chi connectivity index (χ2v) is 4.87. The lowest BCUT2D eigenvalue weighted by atomic mass is 10.1. The minimum Gasteiger partial charge on any atom is -0.481 e. The molecular formula is C17H17FN2O3. The zero-order valence-electron chi connectivity index (χ0n) is 12.6. The van der Waals surface area contributed by atoms with Crippen molar-refractivity contribution in [2.24, 2.45) is 5.73 Å². The maximum Gasteiger partial charge on any atom is 0.265 e. The summed E-state index contributed by atoms with van der Waals surface area (Å²) in [6.45, 7) is 1.79. The topological polar surface area (TPSA) is 81.4 Å². The highest BCUT2D eigenvalue weighted by atomic mass is 19.1. The number of nitrogens with two attached hydrogens (primary N) is 1. The summed E-state index contributed by atoms with van der Waals surface area (Å²) in [5.41, 5.74) is 5.82. The number of benzene rings is 2. The van der Waals surface area contributed by atoms with Crippen molar-refractivity contribution in [2.45, 2.75) is 19.4 Å². The number of hydrogen-bond donors (Lipinski definition) is 2. The lowest BCUT2D eigenvalue weighted by Crippen LogP contribution is -2.33. The van der Waals surface area contributed by atoms with E-state index in [1.165, 1.54) is 30.3 Å². The van der Waals surface area contributed by atoms with Crippen LogP contribution in [-0.2, 0) is 4.79 Å². The van der Waals surface area contributed by atoms with Crippen LogP contribution in [0.4, 0.5) is 10.1 Å². The first-order valence-corrected chi connectivity index (χ1v) is 7.13. The molecule has 0 spiro atoms. The highest BCUT2D eigenvalue weighted by Crippen LogP contribution is 2.18. The van der Waals surface area contributed by atoms with Crippen LogP contribution in [0.2, 0.25) is 0 Å². The van der Waals surface area contributed by atoms with Crippen LogP contribution in [0.5, 0.6) is 5.75 Å². The molecule has 3 N–H and O–H groups in total. The van der Waals surface area contributed by atoms with Crippen molar-refractivity contribution in [1.82, 2.24) is 0 Å². The minimum absolute atomic E-state index is 0.220. The fourth-order valence-electron chi connectivity index (χ4n) is 2.02. The number of carbonyl (C=O) groups is 2. The highest BCUT2D eigenvalue weighted by Gasteiger charge is 2.20. The number of nitrogens with one attached hydrogen (secondary N) is 1. The smallest absolute Gasteiger partial charge is 0.265 e. The van der Waals surface area contributed by atoms with Gasteiger partial charge in [-0.3, -0.25) is 9.59 Å². The fraction of sp³-hybridized carbons (Fsp3) is 0.176. The zero-order valence-corrected chi connectivity index (χ0v) is 12.6. The van der Waals surface area contributed by atoms with Crippen LogP contribution in [0, 0.1) is 5.82 Å². The summed E-state index contributed by atoms with van der Waals surface area (Å²) in [5, 5.41) is 2.64. The van der Waals surface area contributed by atoms with Gasteiger partial charge in [0, 0.05) is 0 Å². The third-order valence-corrected chi connectivity index (χ3v) is 3.21. The Morgan fingerprint density at radius 1 is 1.17 bits per heavy atom. The van der Waals surface area contributed by atoms with E-state index in [4.69, 9.17) is 10.5 Å². The van der Waals surface area contributed by atoms with Gasteiger partial charge in [0.2, 0.25) is 0 Å². The number of para-hydroxylation sites is 1. The van der Waals surface area contributed by atoms with Crippen molar-refractivity contribution < 1.29 is 18.7 Å². The zero-order chi connectivity index (χ0) is 16.8. The van der Waals surface area contributed by atoms with Crippen LogP contribution in [0.3, 0.4) is 0 Å². The summed E-state index contributed by atoms with van der Waals surface area (Å²) >= 11 is 0. The van der Waals surface area contributed by atoms with E-state index in [0.717, 1.165) is 0 Å². The summed E-state index contributed by atoms with van der Waals surface area (Å²) in [7, 11) is 0. The second-order valence-electron chi connectivity index (χ2n) is 4.87. The van der Waals surface area contributed by atoms with E-state index in [1.54, 1.807) is 25.1 Å². The van der Waals surface area contributed by atoms with E-state index in [-0.39, 0.29) is 11.4 Å². The van der Waals surface area contributed by atoms with Gasteiger partial charge in [-0.05, 0) is 42.8 Å². The Kier molecular flexibility index (Phi) is 5.30. The normalized spacial score (nSPS) is 11.6. The van der Waals surface area contributed by atoms with Crippen LogP contribution in [0.25, 0.3) is 0 Å². The molecule has 0 bridgehead atoms. The number of primary amides is 1. The molecule has 2 aromatic rings. The van der Waals surface area contributed by atoms with Gasteiger partial charge in [-0.25, -0.2) is 4.39 Å². The van der Waals surface area contributed by atoms with Crippen LogP contribution in [0.1, 0.15) is 23.7 Å². The second kappa shape index (κ2) is 7.40. The quantitative estimate of drug-likeness (QED) is 0.859. The van der Waals surface area contributed by atoms with Crippen molar-refractivity contribution in [3.8, 4) is 5.75 Å². The number of rotatable bonds is 6. The van der Waals surface area contributed by atoms with Crippen molar-refractivity contribution in [1.29, 1.82) is 0 Å². The van der Waals surface area contributed by atoms with Gasteiger partial charge >= 0.3 is 0 Å². The molecule has 0 radical (unpaired) electrons. The molecule has 0 aromatic heterocycles. The summed E-state index contributed by atoms with van der Waals surface area (Å²) in [5.74, 6) is -1.04. The lowest BCUT2D eigenvalue weighted by molar-refractivity contribution is -0.122. The summed E-state index contributed by atoms with van der Waals surface area (Å²) in [6, 6.07) is 11.9. The van der Waals surface area contributed by atoms with Gasteiger partial charge in [0.15, 0.2) is 6.10 Å². The molecule has 0 aliphatic carbocycles. The van der Waals surface area contributed by atoms with E-state index < -0.39 is 17.9 Å². The van der Waals surface area contributed by atoms with Crippen molar-refractivity contribution in [3.05, 3.63) is 59.9 Å². The standard InChI is InChI=1S/C17H17FN2O3/c1-2-15(23-12-9-7-11(18)8-10-12)17(22)20-14-6-4-3-5-13(14)16(19)21/h3-10,15H,2H2,1H3,(H2,19,21)(H,20,22). The van der Waals surface area contributed by atoms with Crippen molar-refractivity contribution >= 4 is 17.5 Å². The Hall–Kier alpha value is -2.89.